The minimum atomic E-state index is -3.48. The summed E-state index contributed by atoms with van der Waals surface area (Å²) in [7, 11) is -1.42. The average Bonchev–Trinajstić information content (AvgIpc) is 2.45. The largest absolute Gasteiger partial charge is 0.306 e. The predicted molar refractivity (Wildman–Crippen MR) is 76.6 cm³/mol. The Kier molecular flexibility index (Phi) is 4.76. The number of rotatable bonds is 4. The number of sulfonamides is 1. The summed E-state index contributed by atoms with van der Waals surface area (Å²) in [5.41, 5.74) is 0.456. The normalized spacial score (nSPS) is 20.5. The van der Waals surface area contributed by atoms with E-state index in [1.807, 2.05) is 6.07 Å². The zero-order valence-electron chi connectivity index (χ0n) is 11.5. The highest BCUT2D eigenvalue weighted by Crippen LogP contribution is 2.16. The van der Waals surface area contributed by atoms with E-state index in [1.54, 1.807) is 0 Å². The second kappa shape index (κ2) is 6.35. The fourth-order valence-electron chi connectivity index (χ4n) is 2.46. The first-order valence-electron chi connectivity index (χ1n) is 6.69. The van der Waals surface area contributed by atoms with Gasteiger partial charge < -0.3 is 4.90 Å². The Morgan fingerprint density at radius 3 is 2.70 bits per heavy atom. The first-order chi connectivity index (χ1) is 9.51. The van der Waals surface area contributed by atoms with Crippen molar-refractivity contribution in [1.82, 2.24) is 9.62 Å². The molecule has 108 valence electrons. The summed E-state index contributed by atoms with van der Waals surface area (Å²) in [4.78, 5) is 2.44. The molecule has 1 aliphatic rings. The van der Waals surface area contributed by atoms with Crippen LogP contribution in [0, 0.1) is 17.2 Å². The van der Waals surface area contributed by atoms with Gasteiger partial charge in [0.1, 0.15) is 0 Å². The molecule has 1 aliphatic heterocycles. The lowest BCUT2D eigenvalue weighted by molar-refractivity contribution is 0.211. The van der Waals surface area contributed by atoms with Crippen LogP contribution in [0.25, 0.3) is 0 Å². The number of nitrogens with zero attached hydrogens (tertiary/aromatic N) is 2. The number of piperidine rings is 1. The number of hydrogen-bond acceptors (Lipinski definition) is 4. The molecule has 1 N–H and O–H groups in total. The molecule has 2 rings (SSSR count). The molecule has 0 aromatic heterocycles. The van der Waals surface area contributed by atoms with E-state index in [4.69, 9.17) is 5.26 Å². The summed E-state index contributed by atoms with van der Waals surface area (Å²) in [5.74, 6) is 0.363. The molecule has 1 aromatic rings. The smallest absolute Gasteiger partial charge is 0.240 e. The first-order valence-corrected chi connectivity index (χ1v) is 8.18. The number of nitriles is 1. The molecule has 1 fully saturated rings. The van der Waals surface area contributed by atoms with E-state index in [-0.39, 0.29) is 4.90 Å². The Balaban J connectivity index is 1.98. The summed E-state index contributed by atoms with van der Waals surface area (Å²) in [6, 6.07) is 7.94. The third-order valence-corrected chi connectivity index (χ3v) is 5.02. The number of benzene rings is 1. The molecule has 20 heavy (non-hydrogen) atoms. The van der Waals surface area contributed by atoms with Crippen LogP contribution in [0.15, 0.2) is 29.2 Å². The molecule has 0 radical (unpaired) electrons. The maximum absolute atomic E-state index is 12.1. The molecule has 0 amide bonds. The molecule has 0 bridgehead atoms. The van der Waals surface area contributed by atoms with Gasteiger partial charge in [-0.3, -0.25) is 0 Å². The van der Waals surface area contributed by atoms with Crippen LogP contribution in [0.5, 0.6) is 0 Å². The van der Waals surface area contributed by atoms with Gasteiger partial charge >= 0.3 is 0 Å². The molecule has 0 saturated carbocycles. The van der Waals surface area contributed by atoms with E-state index in [0.29, 0.717) is 18.0 Å². The zero-order valence-corrected chi connectivity index (χ0v) is 12.4. The second-order valence-electron chi connectivity index (χ2n) is 5.26. The minimum Gasteiger partial charge on any atom is -0.306 e. The highest BCUT2D eigenvalue weighted by Gasteiger charge is 2.20. The Morgan fingerprint density at radius 1 is 1.40 bits per heavy atom. The maximum Gasteiger partial charge on any atom is 0.240 e. The molecule has 5 nitrogen and oxygen atoms in total. The van der Waals surface area contributed by atoms with Crippen LogP contribution >= 0.6 is 0 Å². The second-order valence-corrected chi connectivity index (χ2v) is 7.03. The lowest BCUT2D eigenvalue weighted by atomic mass is 9.99. The standard InChI is InChI=1S/C14H19N3O2S/c1-17-8-2-3-13(11-17)10-16-20(18,19)14-6-4-12(9-15)5-7-14/h4-7,13,16H,2-3,8,10-11H2,1H3. The van der Waals surface area contributed by atoms with Gasteiger partial charge in [0.2, 0.25) is 10.0 Å². The number of hydrogen-bond donors (Lipinski definition) is 1. The lowest BCUT2D eigenvalue weighted by Gasteiger charge is -2.29. The van der Waals surface area contributed by atoms with E-state index < -0.39 is 10.0 Å². The topological polar surface area (TPSA) is 73.2 Å². The lowest BCUT2D eigenvalue weighted by Crippen LogP contribution is -2.39. The highest BCUT2D eigenvalue weighted by molar-refractivity contribution is 7.89. The maximum atomic E-state index is 12.1. The van der Waals surface area contributed by atoms with Crippen molar-refractivity contribution in [3.8, 4) is 6.07 Å². The van der Waals surface area contributed by atoms with Crippen molar-refractivity contribution in [1.29, 1.82) is 5.26 Å². The van der Waals surface area contributed by atoms with Crippen LogP contribution in [0.2, 0.25) is 0 Å². The van der Waals surface area contributed by atoms with Gasteiger partial charge in [-0.1, -0.05) is 0 Å². The van der Waals surface area contributed by atoms with E-state index >= 15 is 0 Å². The van der Waals surface area contributed by atoms with Gasteiger partial charge in [-0.25, -0.2) is 13.1 Å². The Morgan fingerprint density at radius 2 is 2.10 bits per heavy atom. The summed E-state index contributed by atoms with van der Waals surface area (Å²) in [5, 5.41) is 8.71. The SMILES string of the molecule is CN1CCCC(CNS(=O)(=O)c2ccc(C#N)cc2)C1. The van der Waals surface area contributed by atoms with Gasteiger partial charge in [-0.2, -0.15) is 5.26 Å². The quantitative estimate of drug-likeness (QED) is 0.904. The molecule has 1 aromatic carbocycles. The van der Waals surface area contributed by atoms with Crippen LogP contribution in [-0.4, -0.2) is 40.0 Å². The van der Waals surface area contributed by atoms with Crippen molar-refractivity contribution in [3.63, 3.8) is 0 Å². The van der Waals surface area contributed by atoms with Crippen LogP contribution < -0.4 is 4.72 Å². The molecular formula is C14H19N3O2S. The molecule has 1 saturated heterocycles. The number of likely N-dealkylation sites (tertiary alicyclic amines) is 1. The monoisotopic (exact) mass is 293 g/mol. The van der Waals surface area contributed by atoms with Crippen LogP contribution in [0.1, 0.15) is 18.4 Å². The minimum absolute atomic E-state index is 0.209. The Bertz CT molecular complexity index is 590. The van der Waals surface area contributed by atoms with Crippen LogP contribution in [0.3, 0.4) is 0 Å². The molecule has 6 heteroatoms. The van der Waals surface area contributed by atoms with Crippen molar-refractivity contribution in [2.24, 2.45) is 5.92 Å². The van der Waals surface area contributed by atoms with Crippen LogP contribution in [0.4, 0.5) is 0 Å². The molecule has 1 heterocycles. The van der Waals surface area contributed by atoms with Gasteiger partial charge in [-0.05, 0) is 56.6 Å². The van der Waals surface area contributed by atoms with Gasteiger partial charge in [-0.15, -0.1) is 0 Å². The zero-order chi connectivity index (χ0) is 14.6. The molecule has 0 spiro atoms. The van der Waals surface area contributed by atoms with Gasteiger partial charge in [0.15, 0.2) is 0 Å². The molecule has 1 atom stereocenters. The average molecular weight is 293 g/mol. The highest BCUT2D eigenvalue weighted by atomic mass is 32.2. The molecule has 0 aliphatic carbocycles. The fraction of sp³-hybridized carbons (Fsp3) is 0.500. The third kappa shape index (κ3) is 3.79. The third-order valence-electron chi connectivity index (χ3n) is 3.58. The van der Waals surface area contributed by atoms with Crippen molar-refractivity contribution in [2.75, 3.05) is 26.7 Å². The van der Waals surface area contributed by atoms with Crippen molar-refractivity contribution in [2.45, 2.75) is 17.7 Å². The van der Waals surface area contributed by atoms with Crippen molar-refractivity contribution >= 4 is 10.0 Å². The Labute approximate surface area is 120 Å². The van der Waals surface area contributed by atoms with Gasteiger partial charge in [0, 0.05) is 13.1 Å². The van der Waals surface area contributed by atoms with E-state index in [9.17, 15) is 8.42 Å². The van der Waals surface area contributed by atoms with E-state index in [0.717, 1.165) is 25.9 Å². The summed E-state index contributed by atoms with van der Waals surface area (Å²) in [6.07, 6.45) is 2.17. The molecular weight excluding hydrogens is 274 g/mol. The number of nitrogens with one attached hydrogen (secondary N) is 1. The summed E-state index contributed by atoms with van der Waals surface area (Å²) >= 11 is 0. The van der Waals surface area contributed by atoms with Crippen LogP contribution in [-0.2, 0) is 10.0 Å². The van der Waals surface area contributed by atoms with Crippen molar-refractivity contribution in [3.05, 3.63) is 29.8 Å². The fourth-order valence-corrected chi connectivity index (χ4v) is 3.58. The van der Waals surface area contributed by atoms with Gasteiger partial charge in [0.05, 0.1) is 16.5 Å². The summed E-state index contributed by atoms with van der Waals surface area (Å²) < 4.78 is 27.0. The molecule has 1 unspecified atom stereocenters. The predicted octanol–water partition coefficient (Wildman–Crippen LogP) is 1.18. The Hall–Kier alpha value is -1.42. The first kappa shape index (κ1) is 15.0. The van der Waals surface area contributed by atoms with E-state index in [2.05, 4.69) is 16.7 Å². The van der Waals surface area contributed by atoms with E-state index in [1.165, 1.54) is 24.3 Å². The van der Waals surface area contributed by atoms with Crippen molar-refractivity contribution < 1.29 is 8.42 Å². The van der Waals surface area contributed by atoms with Gasteiger partial charge in [0.25, 0.3) is 0 Å². The summed E-state index contributed by atoms with van der Waals surface area (Å²) in [6.45, 7) is 2.47.